The fraction of sp³-hybridized carbons (Fsp3) is 0.412. The molecule has 0 saturated carbocycles. The first-order valence-corrected chi connectivity index (χ1v) is 8.17. The lowest BCUT2D eigenvalue weighted by Gasteiger charge is -2.26. The number of nitrogens with one attached hydrogen (secondary N) is 3. The molecule has 24 heavy (non-hydrogen) atoms. The zero-order valence-corrected chi connectivity index (χ0v) is 15.4. The standard InChI is InChI=1S/C17H21ClN4O.ClH/c1-17(2,12-5-3-4-6-13(12)18)10-20-16(23)15-11-9-19-8-7-14(11)21-22-15;/h3-6,19H,7-10H2,1-2H3,(H,20,23)(H,21,22);1H. The van der Waals surface area contributed by atoms with Gasteiger partial charge in [-0.05, 0) is 11.6 Å². The number of fused-ring (bicyclic) bond motifs is 1. The summed E-state index contributed by atoms with van der Waals surface area (Å²) in [5.41, 5.74) is 3.28. The number of halogens is 2. The third kappa shape index (κ3) is 3.74. The molecule has 2 aromatic rings. The van der Waals surface area contributed by atoms with Crippen molar-refractivity contribution in [2.75, 3.05) is 13.1 Å². The quantitative estimate of drug-likeness (QED) is 0.776. The Morgan fingerprint density at radius 1 is 1.38 bits per heavy atom. The summed E-state index contributed by atoms with van der Waals surface area (Å²) in [6.07, 6.45) is 0.876. The number of benzene rings is 1. The Bertz CT molecular complexity index is 727. The molecule has 130 valence electrons. The highest BCUT2D eigenvalue weighted by Gasteiger charge is 2.26. The van der Waals surface area contributed by atoms with E-state index in [9.17, 15) is 4.79 Å². The first kappa shape index (κ1) is 18.8. The summed E-state index contributed by atoms with van der Waals surface area (Å²) in [5, 5.41) is 14.1. The first-order chi connectivity index (χ1) is 11.0. The minimum atomic E-state index is -0.261. The predicted octanol–water partition coefficient (Wildman–Crippen LogP) is 2.84. The summed E-state index contributed by atoms with van der Waals surface area (Å²) in [6.45, 7) is 6.22. The van der Waals surface area contributed by atoms with Crippen molar-refractivity contribution in [3.63, 3.8) is 0 Å². The second-order valence-electron chi connectivity index (χ2n) is 6.50. The minimum Gasteiger partial charge on any atom is -0.350 e. The third-order valence-electron chi connectivity index (χ3n) is 4.32. The van der Waals surface area contributed by atoms with Crippen LogP contribution in [0.15, 0.2) is 24.3 Å². The molecule has 0 spiro atoms. The fourth-order valence-corrected chi connectivity index (χ4v) is 3.29. The largest absolute Gasteiger partial charge is 0.350 e. The lowest BCUT2D eigenvalue weighted by Crippen LogP contribution is -2.37. The van der Waals surface area contributed by atoms with Crippen LogP contribution in [0.1, 0.15) is 41.2 Å². The van der Waals surface area contributed by atoms with E-state index in [1.54, 1.807) is 0 Å². The summed E-state index contributed by atoms with van der Waals surface area (Å²) in [7, 11) is 0. The lowest BCUT2D eigenvalue weighted by atomic mass is 9.84. The molecule has 1 aliphatic heterocycles. The van der Waals surface area contributed by atoms with E-state index in [0.717, 1.165) is 29.8 Å². The summed E-state index contributed by atoms with van der Waals surface area (Å²) in [4.78, 5) is 12.5. The highest BCUT2D eigenvalue weighted by molar-refractivity contribution is 6.31. The lowest BCUT2D eigenvalue weighted by molar-refractivity contribution is 0.0939. The molecule has 0 radical (unpaired) electrons. The van der Waals surface area contributed by atoms with Crippen molar-refractivity contribution >= 4 is 29.9 Å². The maximum absolute atomic E-state index is 12.5. The molecule has 2 heterocycles. The minimum absolute atomic E-state index is 0. The van der Waals surface area contributed by atoms with E-state index >= 15 is 0 Å². The number of carbonyl (C=O) groups is 1. The predicted molar refractivity (Wildman–Crippen MR) is 98.1 cm³/mol. The van der Waals surface area contributed by atoms with Gasteiger partial charge in [-0.3, -0.25) is 9.89 Å². The SMILES string of the molecule is CC(C)(CNC(=O)c1n[nH]c2c1CNCC2)c1ccccc1Cl.Cl. The molecule has 3 N–H and O–H groups in total. The average molecular weight is 369 g/mol. The van der Waals surface area contributed by atoms with Crippen molar-refractivity contribution in [1.29, 1.82) is 0 Å². The van der Waals surface area contributed by atoms with Crippen molar-refractivity contribution in [1.82, 2.24) is 20.8 Å². The van der Waals surface area contributed by atoms with Gasteiger partial charge < -0.3 is 10.6 Å². The van der Waals surface area contributed by atoms with E-state index < -0.39 is 0 Å². The summed E-state index contributed by atoms with van der Waals surface area (Å²) < 4.78 is 0. The number of hydrogen-bond donors (Lipinski definition) is 3. The van der Waals surface area contributed by atoms with Crippen LogP contribution >= 0.6 is 24.0 Å². The van der Waals surface area contributed by atoms with Crippen LogP contribution < -0.4 is 10.6 Å². The Labute approximate surface area is 153 Å². The highest BCUT2D eigenvalue weighted by Crippen LogP contribution is 2.29. The van der Waals surface area contributed by atoms with Crippen LogP contribution in [-0.2, 0) is 18.4 Å². The number of amides is 1. The van der Waals surface area contributed by atoms with Crippen LogP contribution in [0.2, 0.25) is 5.02 Å². The summed E-state index contributed by atoms with van der Waals surface area (Å²) in [6, 6.07) is 7.73. The molecule has 0 bridgehead atoms. The Hall–Kier alpha value is -1.56. The van der Waals surface area contributed by atoms with Gasteiger partial charge in [0.25, 0.3) is 5.91 Å². The second kappa shape index (κ2) is 7.55. The maximum atomic E-state index is 12.5. The van der Waals surface area contributed by atoms with Crippen molar-refractivity contribution in [2.24, 2.45) is 0 Å². The normalized spacial score (nSPS) is 13.8. The molecular weight excluding hydrogens is 347 g/mol. The molecule has 1 aromatic carbocycles. The summed E-state index contributed by atoms with van der Waals surface area (Å²) in [5.74, 6) is -0.147. The van der Waals surface area contributed by atoms with Gasteiger partial charge >= 0.3 is 0 Å². The monoisotopic (exact) mass is 368 g/mol. The zero-order valence-electron chi connectivity index (χ0n) is 13.8. The van der Waals surface area contributed by atoms with Crippen LogP contribution in [0, 0.1) is 0 Å². The summed E-state index contributed by atoms with van der Waals surface area (Å²) >= 11 is 6.28. The van der Waals surface area contributed by atoms with E-state index in [1.807, 2.05) is 24.3 Å². The topological polar surface area (TPSA) is 69.8 Å². The number of H-pyrrole nitrogens is 1. The van der Waals surface area contributed by atoms with E-state index in [0.29, 0.717) is 23.8 Å². The Morgan fingerprint density at radius 2 is 2.12 bits per heavy atom. The number of aromatic amines is 1. The van der Waals surface area contributed by atoms with Gasteiger partial charge in [0.15, 0.2) is 5.69 Å². The zero-order chi connectivity index (χ0) is 16.4. The van der Waals surface area contributed by atoms with Gasteiger partial charge in [0.05, 0.1) is 0 Å². The molecule has 0 atom stereocenters. The molecular formula is C17H22Cl2N4O. The van der Waals surface area contributed by atoms with Gasteiger partial charge in [-0.2, -0.15) is 5.10 Å². The molecule has 5 nitrogen and oxygen atoms in total. The Morgan fingerprint density at radius 3 is 2.88 bits per heavy atom. The van der Waals surface area contributed by atoms with Gasteiger partial charge in [0.1, 0.15) is 0 Å². The van der Waals surface area contributed by atoms with Crippen molar-refractivity contribution in [3.05, 3.63) is 51.8 Å². The van der Waals surface area contributed by atoms with Gasteiger partial charge in [-0.15, -0.1) is 12.4 Å². The Kier molecular flexibility index (Phi) is 5.91. The van der Waals surface area contributed by atoms with Crippen LogP contribution in [0.25, 0.3) is 0 Å². The second-order valence-corrected chi connectivity index (χ2v) is 6.91. The molecule has 1 aromatic heterocycles. The van der Waals surface area contributed by atoms with Crippen LogP contribution in [0.4, 0.5) is 0 Å². The molecule has 3 rings (SSSR count). The number of aromatic nitrogens is 2. The van der Waals surface area contributed by atoms with Crippen LogP contribution in [0.3, 0.4) is 0 Å². The van der Waals surface area contributed by atoms with Crippen LogP contribution in [0.5, 0.6) is 0 Å². The maximum Gasteiger partial charge on any atom is 0.272 e. The van der Waals surface area contributed by atoms with Gasteiger partial charge in [0, 0.05) is 47.8 Å². The molecule has 0 saturated heterocycles. The average Bonchev–Trinajstić information content (AvgIpc) is 2.97. The van der Waals surface area contributed by atoms with Gasteiger partial charge in [-0.1, -0.05) is 43.6 Å². The van der Waals surface area contributed by atoms with E-state index in [1.165, 1.54) is 0 Å². The van der Waals surface area contributed by atoms with Gasteiger partial charge in [-0.25, -0.2) is 0 Å². The highest BCUT2D eigenvalue weighted by atomic mass is 35.5. The fourth-order valence-electron chi connectivity index (χ4n) is 2.90. The van der Waals surface area contributed by atoms with E-state index in [2.05, 4.69) is 34.7 Å². The van der Waals surface area contributed by atoms with E-state index in [4.69, 9.17) is 11.6 Å². The third-order valence-corrected chi connectivity index (χ3v) is 4.64. The number of nitrogens with zero attached hydrogens (tertiary/aromatic N) is 1. The number of carbonyl (C=O) groups excluding carboxylic acids is 1. The first-order valence-electron chi connectivity index (χ1n) is 7.79. The van der Waals surface area contributed by atoms with Crippen LogP contribution in [-0.4, -0.2) is 29.2 Å². The van der Waals surface area contributed by atoms with Crippen molar-refractivity contribution in [2.45, 2.75) is 32.2 Å². The molecule has 1 aliphatic rings. The number of hydrogen-bond acceptors (Lipinski definition) is 3. The molecule has 0 unspecified atom stereocenters. The Balaban J connectivity index is 0.00000208. The molecule has 7 heteroatoms. The molecule has 1 amide bonds. The smallest absolute Gasteiger partial charge is 0.272 e. The molecule has 0 aliphatic carbocycles. The van der Waals surface area contributed by atoms with Gasteiger partial charge in [0.2, 0.25) is 0 Å². The van der Waals surface area contributed by atoms with E-state index in [-0.39, 0.29) is 23.7 Å². The van der Waals surface area contributed by atoms with Crippen molar-refractivity contribution in [3.8, 4) is 0 Å². The van der Waals surface area contributed by atoms with Crippen molar-refractivity contribution < 1.29 is 4.79 Å². The molecule has 0 fully saturated rings. The number of rotatable bonds is 4.